The van der Waals surface area contributed by atoms with Crippen molar-refractivity contribution < 1.29 is 28.6 Å². The van der Waals surface area contributed by atoms with Gasteiger partial charge in [0.05, 0.1) is 0 Å². The van der Waals surface area contributed by atoms with E-state index in [1.807, 2.05) is 0 Å². The van der Waals surface area contributed by atoms with E-state index >= 15 is 0 Å². The summed E-state index contributed by atoms with van der Waals surface area (Å²) in [6.45, 7) is 6.61. The van der Waals surface area contributed by atoms with Crippen molar-refractivity contribution in [2.75, 3.05) is 13.2 Å². The van der Waals surface area contributed by atoms with Crippen LogP contribution >= 0.6 is 0 Å². The lowest BCUT2D eigenvalue weighted by molar-refractivity contribution is -0.167. The third kappa shape index (κ3) is 52.3. The molecule has 1 unspecified atom stereocenters. The Hall–Kier alpha value is -2.63. The number of carbonyl (C=O) groups excluding carboxylic acids is 3. The summed E-state index contributed by atoms with van der Waals surface area (Å²) in [6, 6.07) is 0. The molecule has 0 N–H and O–H groups in total. The Morgan fingerprint density at radius 2 is 0.545 bits per heavy atom. The molecule has 0 bridgehead atoms. The second-order valence-electron chi connectivity index (χ2n) is 19.2. The average Bonchev–Trinajstić information content (AvgIpc) is 3.31. The fourth-order valence-electron chi connectivity index (χ4n) is 8.17. The monoisotopic (exact) mass is 925 g/mol. The summed E-state index contributed by atoms with van der Waals surface area (Å²) in [4.78, 5) is 38.1. The molecule has 0 amide bonds. The average molecular weight is 926 g/mol. The van der Waals surface area contributed by atoms with Crippen LogP contribution in [0.1, 0.15) is 297 Å². The molecule has 0 spiro atoms. The fraction of sp³-hybridized carbons (Fsp3) is 0.817. The smallest absolute Gasteiger partial charge is 0.306 e. The van der Waals surface area contributed by atoms with Crippen molar-refractivity contribution in [2.24, 2.45) is 0 Å². The van der Waals surface area contributed by atoms with Crippen molar-refractivity contribution >= 4 is 17.9 Å². The maximum absolute atomic E-state index is 12.8. The van der Waals surface area contributed by atoms with E-state index in [-0.39, 0.29) is 31.1 Å². The minimum absolute atomic E-state index is 0.0803. The van der Waals surface area contributed by atoms with Crippen molar-refractivity contribution in [2.45, 2.75) is 303 Å². The summed E-state index contributed by atoms with van der Waals surface area (Å²) >= 11 is 0. The van der Waals surface area contributed by atoms with Gasteiger partial charge in [0.25, 0.3) is 0 Å². The van der Waals surface area contributed by atoms with Gasteiger partial charge in [-0.2, -0.15) is 0 Å². The molecule has 384 valence electrons. The van der Waals surface area contributed by atoms with Crippen LogP contribution in [-0.4, -0.2) is 37.2 Å². The highest BCUT2D eigenvalue weighted by atomic mass is 16.6. The van der Waals surface area contributed by atoms with Crippen molar-refractivity contribution in [1.82, 2.24) is 0 Å². The summed E-state index contributed by atoms with van der Waals surface area (Å²) in [5, 5.41) is 0. The van der Waals surface area contributed by atoms with E-state index < -0.39 is 6.10 Å². The first-order chi connectivity index (χ1) is 32.5. The zero-order chi connectivity index (χ0) is 47.9. The quantitative estimate of drug-likeness (QED) is 0.0262. The molecule has 6 heteroatoms. The SMILES string of the molecule is CCCCC/C=C\C/C=C\CCCCCCCCCC(=O)OCC(COC(=O)CCCCCCC/C=C\CCCCCCC)OC(=O)CCCCCCCCC/C=C\CCCCCCCC. The molecule has 1 atom stereocenters. The van der Waals surface area contributed by atoms with Crippen molar-refractivity contribution in [3.05, 3.63) is 48.6 Å². The largest absolute Gasteiger partial charge is 0.462 e. The third-order valence-electron chi connectivity index (χ3n) is 12.5. The van der Waals surface area contributed by atoms with Gasteiger partial charge in [0.2, 0.25) is 0 Å². The lowest BCUT2D eigenvalue weighted by Crippen LogP contribution is -2.30. The van der Waals surface area contributed by atoms with Gasteiger partial charge < -0.3 is 14.2 Å². The first-order valence-electron chi connectivity index (χ1n) is 28.6. The van der Waals surface area contributed by atoms with Gasteiger partial charge in [-0.05, 0) is 103 Å². The van der Waals surface area contributed by atoms with Gasteiger partial charge >= 0.3 is 17.9 Å². The van der Waals surface area contributed by atoms with Gasteiger partial charge in [-0.1, -0.05) is 223 Å². The van der Waals surface area contributed by atoms with Crippen LogP contribution in [0.25, 0.3) is 0 Å². The lowest BCUT2D eigenvalue weighted by Gasteiger charge is -2.18. The molecule has 6 nitrogen and oxygen atoms in total. The summed E-state index contributed by atoms with van der Waals surface area (Å²) < 4.78 is 16.9. The summed E-state index contributed by atoms with van der Waals surface area (Å²) in [5.74, 6) is -0.888. The molecule has 0 aliphatic heterocycles. The Balaban J connectivity index is 4.39. The van der Waals surface area contributed by atoms with E-state index in [0.717, 1.165) is 77.0 Å². The maximum atomic E-state index is 12.8. The van der Waals surface area contributed by atoms with Gasteiger partial charge in [0.15, 0.2) is 6.10 Å². The summed E-state index contributed by atoms with van der Waals surface area (Å²) in [6.07, 6.45) is 66.6. The Bertz CT molecular complexity index is 1150. The van der Waals surface area contributed by atoms with Crippen molar-refractivity contribution in [1.29, 1.82) is 0 Å². The van der Waals surface area contributed by atoms with E-state index in [4.69, 9.17) is 14.2 Å². The normalized spacial score (nSPS) is 12.3. The van der Waals surface area contributed by atoms with Crippen molar-refractivity contribution in [3.8, 4) is 0 Å². The molecule has 0 aliphatic carbocycles. The van der Waals surface area contributed by atoms with Crippen LogP contribution in [-0.2, 0) is 28.6 Å². The Morgan fingerprint density at radius 1 is 0.303 bits per heavy atom. The Morgan fingerprint density at radius 3 is 0.879 bits per heavy atom. The highest BCUT2D eigenvalue weighted by molar-refractivity contribution is 5.71. The van der Waals surface area contributed by atoms with E-state index in [1.54, 1.807) is 0 Å². The number of carbonyl (C=O) groups is 3. The Kier molecular flexibility index (Phi) is 52.8. The summed E-state index contributed by atoms with van der Waals surface area (Å²) in [7, 11) is 0. The molecule has 0 aromatic rings. The molecule has 0 aromatic carbocycles. The zero-order valence-electron chi connectivity index (χ0n) is 44.0. The molecule has 0 saturated carbocycles. The number of hydrogen-bond donors (Lipinski definition) is 0. The number of unbranched alkanes of at least 4 members (excludes halogenated alkanes) is 33. The maximum Gasteiger partial charge on any atom is 0.306 e. The second kappa shape index (κ2) is 55.0. The van der Waals surface area contributed by atoms with E-state index in [2.05, 4.69) is 69.4 Å². The van der Waals surface area contributed by atoms with E-state index in [9.17, 15) is 14.4 Å². The third-order valence-corrected chi connectivity index (χ3v) is 12.5. The zero-order valence-corrected chi connectivity index (χ0v) is 44.0. The number of allylic oxidation sites excluding steroid dienone is 8. The highest BCUT2D eigenvalue weighted by Gasteiger charge is 2.19. The molecular formula is C60H108O6. The van der Waals surface area contributed by atoms with Crippen LogP contribution in [0.3, 0.4) is 0 Å². The van der Waals surface area contributed by atoms with Crippen molar-refractivity contribution in [3.63, 3.8) is 0 Å². The Labute approximate surface area is 409 Å². The van der Waals surface area contributed by atoms with E-state index in [1.165, 1.54) is 180 Å². The van der Waals surface area contributed by atoms with Gasteiger partial charge in [-0.3, -0.25) is 14.4 Å². The number of rotatable bonds is 52. The molecular weight excluding hydrogens is 817 g/mol. The van der Waals surface area contributed by atoms with Gasteiger partial charge in [0.1, 0.15) is 13.2 Å². The molecule has 0 saturated heterocycles. The first kappa shape index (κ1) is 63.4. The predicted molar refractivity (Wildman–Crippen MR) is 284 cm³/mol. The predicted octanol–water partition coefficient (Wildman–Crippen LogP) is 19.0. The van der Waals surface area contributed by atoms with Crippen LogP contribution in [0.5, 0.6) is 0 Å². The minimum atomic E-state index is -0.781. The molecule has 0 radical (unpaired) electrons. The second-order valence-corrected chi connectivity index (χ2v) is 19.2. The number of hydrogen-bond acceptors (Lipinski definition) is 6. The standard InChI is InChI=1S/C60H108O6/c1-4-7-10-13-16-19-22-25-28-30-32-35-38-41-44-47-50-53-59(62)65-56-57(55-64-58(61)52-49-46-43-40-37-34-27-24-21-18-15-12-9-6-3)66-60(63)54-51-48-45-42-39-36-33-31-29-26-23-20-17-14-11-8-5-2/h16,19,24-29,57H,4-15,17-18,20-23,30-56H2,1-3H3/b19-16-,27-24-,28-25-,29-26-. The molecule has 0 rings (SSSR count). The van der Waals surface area contributed by atoms with E-state index in [0.29, 0.717) is 19.3 Å². The van der Waals surface area contributed by atoms with Crippen LogP contribution in [0.15, 0.2) is 48.6 Å². The van der Waals surface area contributed by atoms with Crippen LogP contribution in [0.2, 0.25) is 0 Å². The van der Waals surface area contributed by atoms with Crippen LogP contribution < -0.4 is 0 Å². The summed E-state index contributed by atoms with van der Waals surface area (Å²) in [5.41, 5.74) is 0. The molecule has 0 aromatic heterocycles. The molecule has 0 fully saturated rings. The van der Waals surface area contributed by atoms with Gasteiger partial charge in [-0.15, -0.1) is 0 Å². The molecule has 0 heterocycles. The lowest BCUT2D eigenvalue weighted by atomic mass is 10.1. The minimum Gasteiger partial charge on any atom is -0.462 e. The molecule has 0 aliphatic rings. The number of ether oxygens (including phenoxy) is 3. The van der Waals surface area contributed by atoms with Gasteiger partial charge in [0, 0.05) is 19.3 Å². The first-order valence-corrected chi connectivity index (χ1v) is 28.6. The van der Waals surface area contributed by atoms with Crippen LogP contribution in [0.4, 0.5) is 0 Å². The highest BCUT2D eigenvalue weighted by Crippen LogP contribution is 2.15. The van der Waals surface area contributed by atoms with Gasteiger partial charge in [-0.25, -0.2) is 0 Å². The molecule has 66 heavy (non-hydrogen) atoms. The number of esters is 3. The van der Waals surface area contributed by atoms with Crippen LogP contribution in [0, 0.1) is 0 Å². The topological polar surface area (TPSA) is 78.9 Å². The fourth-order valence-corrected chi connectivity index (χ4v) is 8.17.